The number of hydrogen-bond donors (Lipinski definition) is 1. The van der Waals surface area contributed by atoms with Crippen LogP contribution < -0.4 is 0 Å². The summed E-state index contributed by atoms with van der Waals surface area (Å²) in [6.45, 7) is 0. The van der Waals surface area contributed by atoms with E-state index in [1.165, 1.54) is 19.2 Å². The minimum atomic E-state index is -1.80. The topological polar surface area (TPSA) is 79.2 Å². The van der Waals surface area contributed by atoms with Gasteiger partial charge in [-0.25, -0.2) is 4.79 Å². The van der Waals surface area contributed by atoms with Gasteiger partial charge in [-0.3, -0.25) is 4.79 Å². The Balaban J connectivity index is 2.05. The smallest absolute Gasteiger partial charge is 0.354 e. The zero-order valence-corrected chi connectivity index (χ0v) is 16.0. The molecule has 26 heavy (non-hydrogen) atoms. The van der Waals surface area contributed by atoms with Crippen molar-refractivity contribution < 1.29 is 19.4 Å². The first kappa shape index (κ1) is 18.6. The third kappa shape index (κ3) is 3.38. The lowest BCUT2D eigenvalue weighted by atomic mass is 9.97. The van der Waals surface area contributed by atoms with Crippen LogP contribution >= 0.6 is 27.5 Å². The zero-order chi connectivity index (χ0) is 18.9. The number of benzene rings is 2. The van der Waals surface area contributed by atoms with E-state index >= 15 is 0 Å². The van der Waals surface area contributed by atoms with Crippen molar-refractivity contribution in [1.82, 2.24) is 5.01 Å². The molecule has 1 aliphatic heterocycles. The molecule has 6 nitrogen and oxygen atoms in total. The molecular weight excluding hydrogens is 424 g/mol. The molecule has 1 atom stereocenters. The molecule has 0 saturated heterocycles. The van der Waals surface area contributed by atoms with Gasteiger partial charge in [-0.05, 0) is 36.4 Å². The minimum absolute atomic E-state index is 0.0415. The molecule has 1 heterocycles. The molecule has 1 amide bonds. The number of carbonyl (C=O) groups is 2. The lowest BCUT2D eigenvalue weighted by Crippen LogP contribution is -2.43. The van der Waals surface area contributed by atoms with Crippen molar-refractivity contribution in [3.05, 3.63) is 69.2 Å². The normalized spacial score (nSPS) is 19.2. The first-order valence-corrected chi connectivity index (χ1v) is 8.76. The molecule has 3 rings (SSSR count). The molecule has 0 aliphatic carbocycles. The van der Waals surface area contributed by atoms with Gasteiger partial charge in [-0.15, -0.1) is 0 Å². The quantitative estimate of drug-likeness (QED) is 0.747. The Hall–Kier alpha value is -2.22. The first-order valence-electron chi connectivity index (χ1n) is 7.59. The summed E-state index contributed by atoms with van der Waals surface area (Å²) in [4.78, 5) is 24.8. The summed E-state index contributed by atoms with van der Waals surface area (Å²) < 4.78 is 5.50. The standard InChI is InChI=1S/C18H14BrClN2O4/c1-26-17(24)15-10-18(25,12-4-6-13(19)7-5-12)22(21-15)16(23)11-2-8-14(20)9-3-11/h2-9,25H,10H2,1H3. The molecule has 1 N–H and O–H groups in total. The van der Waals surface area contributed by atoms with Crippen LogP contribution in [0.2, 0.25) is 5.02 Å². The van der Waals surface area contributed by atoms with Crippen molar-refractivity contribution in [2.75, 3.05) is 7.11 Å². The highest BCUT2D eigenvalue weighted by atomic mass is 79.9. The number of hydrogen-bond acceptors (Lipinski definition) is 5. The molecule has 134 valence electrons. The van der Waals surface area contributed by atoms with Gasteiger partial charge >= 0.3 is 5.97 Å². The van der Waals surface area contributed by atoms with E-state index in [2.05, 4.69) is 25.8 Å². The number of nitrogens with zero attached hydrogens (tertiary/aromatic N) is 2. The van der Waals surface area contributed by atoms with Crippen LogP contribution in [0.4, 0.5) is 0 Å². The van der Waals surface area contributed by atoms with E-state index in [0.29, 0.717) is 10.6 Å². The van der Waals surface area contributed by atoms with Crippen LogP contribution in [0, 0.1) is 0 Å². The van der Waals surface area contributed by atoms with E-state index in [-0.39, 0.29) is 17.7 Å². The Morgan fingerprint density at radius 3 is 2.38 bits per heavy atom. The lowest BCUT2D eigenvalue weighted by Gasteiger charge is -2.31. The number of methoxy groups -OCH3 is 1. The SMILES string of the molecule is COC(=O)C1=NN(C(=O)c2ccc(Cl)cc2)C(O)(c2ccc(Br)cc2)C1. The maximum atomic E-state index is 12.9. The van der Waals surface area contributed by atoms with E-state index in [1.54, 1.807) is 36.4 Å². The third-order valence-corrected chi connectivity index (χ3v) is 4.78. The van der Waals surface area contributed by atoms with Crippen LogP contribution in [0.3, 0.4) is 0 Å². The van der Waals surface area contributed by atoms with Gasteiger partial charge in [0.2, 0.25) is 0 Å². The molecular formula is C18H14BrClN2O4. The van der Waals surface area contributed by atoms with Crippen LogP contribution in [-0.4, -0.2) is 34.8 Å². The highest BCUT2D eigenvalue weighted by molar-refractivity contribution is 9.10. The fraction of sp³-hybridized carbons (Fsp3) is 0.167. The van der Waals surface area contributed by atoms with Gasteiger partial charge in [0.1, 0.15) is 0 Å². The summed E-state index contributed by atoms with van der Waals surface area (Å²) in [6, 6.07) is 13.0. The predicted octanol–water partition coefficient (Wildman–Crippen LogP) is 3.32. The maximum Gasteiger partial charge on any atom is 0.354 e. The Kier molecular flexibility index (Phi) is 5.13. The summed E-state index contributed by atoms with van der Waals surface area (Å²) in [5.41, 5.74) is -1.15. The van der Waals surface area contributed by atoms with Gasteiger partial charge in [0.15, 0.2) is 11.4 Å². The number of hydrazone groups is 1. The maximum absolute atomic E-state index is 12.9. The summed E-state index contributed by atoms with van der Waals surface area (Å²) in [7, 11) is 1.22. The second kappa shape index (κ2) is 7.19. The fourth-order valence-electron chi connectivity index (χ4n) is 2.65. The van der Waals surface area contributed by atoms with E-state index in [0.717, 1.165) is 9.48 Å². The molecule has 0 radical (unpaired) electrons. The monoisotopic (exact) mass is 436 g/mol. The van der Waals surface area contributed by atoms with Crippen LogP contribution in [-0.2, 0) is 15.3 Å². The molecule has 0 aromatic heterocycles. The van der Waals surface area contributed by atoms with E-state index in [4.69, 9.17) is 11.6 Å². The average Bonchev–Trinajstić information content (AvgIpc) is 3.00. The summed E-state index contributed by atoms with van der Waals surface area (Å²) >= 11 is 9.19. The van der Waals surface area contributed by atoms with E-state index in [9.17, 15) is 14.7 Å². The van der Waals surface area contributed by atoms with Crippen LogP contribution in [0.15, 0.2) is 58.1 Å². The molecule has 1 aliphatic rings. The van der Waals surface area contributed by atoms with Crippen molar-refractivity contribution >= 4 is 45.1 Å². The van der Waals surface area contributed by atoms with Crippen LogP contribution in [0.1, 0.15) is 22.3 Å². The number of rotatable bonds is 3. The zero-order valence-electron chi connectivity index (χ0n) is 13.6. The van der Waals surface area contributed by atoms with Crippen molar-refractivity contribution in [2.24, 2.45) is 5.10 Å². The molecule has 2 aromatic rings. The summed E-state index contributed by atoms with van der Waals surface area (Å²) in [6.07, 6.45) is -0.180. The Bertz CT molecular complexity index is 883. The Labute approximate surface area is 163 Å². The lowest BCUT2D eigenvalue weighted by molar-refractivity contribution is -0.133. The Morgan fingerprint density at radius 1 is 1.19 bits per heavy atom. The fourth-order valence-corrected chi connectivity index (χ4v) is 3.04. The van der Waals surface area contributed by atoms with Gasteiger partial charge in [-0.2, -0.15) is 10.1 Å². The van der Waals surface area contributed by atoms with E-state index in [1.807, 2.05) is 0 Å². The minimum Gasteiger partial charge on any atom is -0.464 e. The molecule has 0 bridgehead atoms. The van der Waals surface area contributed by atoms with Crippen molar-refractivity contribution in [2.45, 2.75) is 12.1 Å². The largest absolute Gasteiger partial charge is 0.464 e. The van der Waals surface area contributed by atoms with Gasteiger partial charge < -0.3 is 9.84 Å². The van der Waals surface area contributed by atoms with Crippen molar-refractivity contribution in [3.63, 3.8) is 0 Å². The van der Waals surface area contributed by atoms with Crippen molar-refractivity contribution in [1.29, 1.82) is 0 Å². The highest BCUT2D eigenvalue weighted by Gasteiger charge is 2.48. The van der Waals surface area contributed by atoms with E-state index < -0.39 is 17.6 Å². The second-order valence-corrected chi connectivity index (χ2v) is 7.01. The van der Waals surface area contributed by atoms with Crippen LogP contribution in [0.5, 0.6) is 0 Å². The molecule has 8 heteroatoms. The number of esters is 1. The molecule has 1 unspecified atom stereocenters. The molecule has 0 saturated carbocycles. The highest BCUT2D eigenvalue weighted by Crippen LogP contribution is 2.37. The number of aliphatic hydroxyl groups is 1. The number of halogens is 2. The van der Waals surface area contributed by atoms with Crippen LogP contribution in [0.25, 0.3) is 0 Å². The summed E-state index contributed by atoms with van der Waals surface area (Å²) in [5, 5.41) is 16.7. The third-order valence-electron chi connectivity index (χ3n) is 4.00. The molecule has 0 spiro atoms. The van der Waals surface area contributed by atoms with Crippen molar-refractivity contribution in [3.8, 4) is 0 Å². The second-order valence-electron chi connectivity index (χ2n) is 5.66. The van der Waals surface area contributed by atoms with Gasteiger partial charge in [0.25, 0.3) is 5.91 Å². The molecule has 0 fully saturated rings. The number of carbonyl (C=O) groups excluding carboxylic acids is 2. The predicted molar refractivity (Wildman–Crippen MR) is 99.7 cm³/mol. The Morgan fingerprint density at radius 2 is 1.81 bits per heavy atom. The number of ether oxygens (including phenoxy) is 1. The average molecular weight is 438 g/mol. The van der Waals surface area contributed by atoms with Gasteiger partial charge in [0.05, 0.1) is 13.5 Å². The summed E-state index contributed by atoms with van der Waals surface area (Å²) in [5.74, 6) is -1.27. The number of amides is 1. The van der Waals surface area contributed by atoms with Gasteiger partial charge in [0, 0.05) is 20.6 Å². The first-order chi connectivity index (χ1) is 12.3. The molecule has 2 aromatic carbocycles. The van der Waals surface area contributed by atoms with Gasteiger partial charge in [-0.1, -0.05) is 39.7 Å².